The maximum absolute atomic E-state index is 12.7. The molecule has 0 radical (unpaired) electrons. The first-order valence-electron chi connectivity index (χ1n) is 4.62. The average molecular weight is 224 g/mol. The van der Waals surface area contributed by atoms with Gasteiger partial charge in [-0.05, 0) is 13.8 Å². The summed E-state index contributed by atoms with van der Waals surface area (Å²) < 4.78 is 30.3. The summed E-state index contributed by atoms with van der Waals surface area (Å²) in [6.07, 6.45) is 0.0319. The van der Waals surface area contributed by atoms with E-state index in [-0.39, 0.29) is 6.42 Å². The van der Waals surface area contributed by atoms with Gasteiger partial charge in [0.2, 0.25) is 5.91 Å². The van der Waals surface area contributed by atoms with Crippen LogP contribution in [0.15, 0.2) is 0 Å². The molecule has 6 heteroatoms. The Hall–Kier alpha value is -0.750. The average Bonchev–Trinajstić information content (AvgIpc) is 2.15. The number of halogens is 2. The van der Waals surface area contributed by atoms with Crippen LogP contribution in [-0.4, -0.2) is 37.6 Å². The lowest BCUT2D eigenvalue weighted by atomic mass is 10.0. The first-order valence-corrected chi connectivity index (χ1v) is 4.62. The second-order valence-electron chi connectivity index (χ2n) is 3.98. The van der Waals surface area contributed by atoms with Gasteiger partial charge in [0.1, 0.15) is 0 Å². The summed E-state index contributed by atoms with van der Waals surface area (Å²) in [7, 11) is 1.46. The third kappa shape index (κ3) is 6.35. The fraction of sp³-hybridized carbons (Fsp3) is 0.889. The minimum atomic E-state index is -3.05. The molecule has 0 aromatic carbocycles. The minimum absolute atomic E-state index is 0.0319. The molecule has 90 valence electrons. The lowest BCUT2D eigenvalue weighted by Gasteiger charge is -2.22. The molecule has 15 heavy (non-hydrogen) atoms. The maximum Gasteiger partial charge on any atom is 0.277 e. The Morgan fingerprint density at radius 1 is 1.47 bits per heavy atom. The van der Waals surface area contributed by atoms with Crippen molar-refractivity contribution >= 4 is 5.91 Å². The second-order valence-corrected chi connectivity index (χ2v) is 3.98. The van der Waals surface area contributed by atoms with Crippen molar-refractivity contribution in [3.63, 3.8) is 0 Å². The van der Waals surface area contributed by atoms with Gasteiger partial charge in [0.25, 0.3) is 5.92 Å². The van der Waals surface area contributed by atoms with Crippen molar-refractivity contribution in [2.75, 3.05) is 20.2 Å². The lowest BCUT2D eigenvalue weighted by Crippen LogP contribution is -2.43. The lowest BCUT2D eigenvalue weighted by molar-refractivity contribution is -0.127. The molecule has 0 aliphatic carbocycles. The number of nitrogens with one attached hydrogen (secondary N) is 1. The summed E-state index contributed by atoms with van der Waals surface area (Å²) in [5.41, 5.74) is 4.17. The molecule has 0 aliphatic rings. The first kappa shape index (κ1) is 14.2. The molecule has 0 aliphatic heterocycles. The summed E-state index contributed by atoms with van der Waals surface area (Å²) in [5.74, 6) is -3.53. The first-order chi connectivity index (χ1) is 6.72. The zero-order valence-electron chi connectivity index (χ0n) is 9.27. The number of amides is 1. The fourth-order valence-electron chi connectivity index (χ4n) is 0.821. The van der Waals surface area contributed by atoms with Crippen molar-refractivity contribution < 1.29 is 18.3 Å². The Morgan fingerprint density at radius 3 is 2.40 bits per heavy atom. The van der Waals surface area contributed by atoms with E-state index in [4.69, 9.17) is 10.5 Å². The summed E-state index contributed by atoms with van der Waals surface area (Å²) >= 11 is 0. The molecule has 4 nitrogen and oxygen atoms in total. The van der Waals surface area contributed by atoms with E-state index >= 15 is 0 Å². The molecular weight excluding hydrogens is 206 g/mol. The van der Waals surface area contributed by atoms with Gasteiger partial charge in [-0.25, -0.2) is 8.78 Å². The molecule has 0 atom stereocenters. The van der Waals surface area contributed by atoms with Crippen molar-refractivity contribution in [3.8, 4) is 0 Å². The molecule has 0 rings (SSSR count). The van der Waals surface area contributed by atoms with Gasteiger partial charge < -0.3 is 15.8 Å². The molecule has 3 N–H and O–H groups in total. The number of alkyl halides is 2. The number of carbonyl (C=O) groups excluding carboxylic acids is 1. The van der Waals surface area contributed by atoms with Crippen molar-refractivity contribution in [1.82, 2.24) is 5.32 Å². The quantitative estimate of drug-likeness (QED) is 0.691. The van der Waals surface area contributed by atoms with Crippen LogP contribution in [0.4, 0.5) is 8.78 Å². The number of rotatable bonds is 6. The van der Waals surface area contributed by atoms with Crippen LogP contribution in [-0.2, 0) is 9.53 Å². The van der Waals surface area contributed by atoms with E-state index < -0.39 is 30.5 Å². The number of nitrogens with two attached hydrogens (primary N) is 1. The highest BCUT2D eigenvalue weighted by Crippen LogP contribution is 2.13. The monoisotopic (exact) mass is 224 g/mol. The van der Waals surface area contributed by atoms with Crippen LogP contribution in [0.25, 0.3) is 0 Å². The van der Waals surface area contributed by atoms with Crippen molar-refractivity contribution in [1.29, 1.82) is 0 Å². The Morgan fingerprint density at radius 2 is 2.00 bits per heavy atom. The van der Waals surface area contributed by atoms with Crippen molar-refractivity contribution in [2.24, 2.45) is 5.73 Å². The van der Waals surface area contributed by atoms with E-state index in [0.717, 1.165) is 0 Å². The molecule has 0 unspecified atom stereocenters. The summed E-state index contributed by atoms with van der Waals surface area (Å²) in [4.78, 5) is 11.2. The molecule has 0 bridgehead atoms. The normalized spacial score (nSPS) is 12.7. The van der Waals surface area contributed by atoms with Crippen LogP contribution in [0, 0.1) is 0 Å². The zero-order chi connectivity index (χ0) is 12.1. The Balaban J connectivity index is 3.96. The van der Waals surface area contributed by atoms with E-state index in [2.05, 4.69) is 5.32 Å². The summed E-state index contributed by atoms with van der Waals surface area (Å²) in [6.45, 7) is 1.89. The zero-order valence-corrected chi connectivity index (χ0v) is 9.27. The molecule has 0 aromatic rings. The topological polar surface area (TPSA) is 64.3 Å². The molecule has 0 saturated carbocycles. The van der Waals surface area contributed by atoms with Gasteiger partial charge in [-0.3, -0.25) is 4.79 Å². The van der Waals surface area contributed by atoms with E-state index in [1.807, 2.05) is 0 Å². The highest BCUT2D eigenvalue weighted by molar-refractivity contribution is 5.76. The van der Waals surface area contributed by atoms with Crippen LogP contribution >= 0.6 is 0 Å². The summed E-state index contributed by atoms with van der Waals surface area (Å²) in [6, 6.07) is 0. The predicted molar refractivity (Wildman–Crippen MR) is 52.7 cm³/mol. The van der Waals surface area contributed by atoms with Crippen LogP contribution in [0.1, 0.15) is 20.3 Å². The molecule has 0 spiro atoms. The van der Waals surface area contributed by atoms with Gasteiger partial charge >= 0.3 is 0 Å². The SMILES string of the molecule is COC(C)(C)CC(=O)NCC(F)(F)CN. The van der Waals surface area contributed by atoms with E-state index in [1.54, 1.807) is 13.8 Å². The Kier molecular flexibility index (Phi) is 5.10. The molecule has 0 saturated heterocycles. The van der Waals surface area contributed by atoms with Gasteiger partial charge in [-0.15, -0.1) is 0 Å². The molecular formula is C9H18F2N2O2. The van der Waals surface area contributed by atoms with E-state index in [9.17, 15) is 13.6 Å². The number of carbonyl (C=O) groups is 1. The van der Waals surface area contributed by atoms with Crippen LogP contribution in [0.5, 0.6) is 0 Å². The van der Waals surface area contributed by atoms with Gasteiger partial charge in [0.05, 0.1) is 25.1 Å². The van der Waals surface area contributed by atoms with Gasteiger partial charge in [0.15, 0.2) is 0 Å². The third-order valence-corrected chi connectivity index (χ3v) is 1.98. The van der Waals surface area contributed by atoms with Gasteiger partial charge in [0, 0.05) is 7.11 Å². The van der Waals surface area contributed by atoms with E-state index in [1.165, 1.54) is 7.11 Å². The summed E-state index contributed by atoms with van der Waals surface area (Å²) in [5, 5.41) is 2.12. The third-order valence-electron chi connectivity index (χ3n) is 1.98. The maximum atomic E-state index is 12.7. The highest BCUT2D eigenvalue weighted by Gasteiger charge is 2.28. The highest BCUT2D eigenvalue weighted by atomic mass is 19.3. The molecule has 0 heterocycles. The minimum Gasteiger partial charge on any atom is -0.378 e. The molecule has 0 aromatic heterocycles. The smallest absolute Gasteiger partial charge is 0.277 e. The Bertz CT molecular complexity index is 220. The number of methoxy groups -OCH3 is 1. The van der Waals surface area contributed by atoms with Gasteiger partial charge in [-0.2, -0.15) is 0 Å². The number of hydrogen-bond acceptors (Lipinski definition) is 3. The molecule has 1 amide bonds. The van der Waals surface area contributed by atoms with Crippen molar-refractivity contribution in [3.05, 3.63) is 0 Å². The van der Waals surface area contributed by atoms with Crippen LogP contribution in [0.3, 0.4) is 0 Å². The van der Waals surface area contributed by atoms with Crippen molar-refractivity contribution in [2.45, 2.75) is 31.8 Å². The van der Waals surface area contributed by atoms with Crippen LogP contribution < -0.4 is 11.1 Å². The van der Waals surface area contributed by atoms with E-state index in [0.29, 0.717) is 0 Å². The fourth-order valence-corrected chi connectivity index (χ4v) is 0.821. The Labute approximate surface area is 88.2 Å². The predicted octanol–water partition coefficient (Wildman–Crippen LogP) is 0.512. The number of ether oxygens (including phenoxy) is 1. The second kappa shape index (κ2) is 5.37. The largest absolute Gasteiger partial charge is 0.378 e. The molecule has 0 fully saturated rings. The standard InChI is InChI=1S/C9H18F2N2O2/c1-8(2,15-3)4-7(14)13-6-9(10,11)5-12/h4-6,12H2,1-3H3,(H,13,14). The van der Waals surface area contributed by atoms with Gasteiger partial charge in [-0.1, -0.05) is 0 Å². The van der Waals surface area contributed by atoms with Crippen LogP contribution in [0.2, 0.25) is 0 Å². The number of hydrogen-bond donors (Lipinski definition) is 2.